The second-order valence-corrected chi connectivity index (χ2v) is 11.0. The zero-order valence-corrected chi connectivity index (χ0v) is 22.0. The number of amides is 1. The average molecular weight is 536 g/mol. The standard InChI is InChI=1S/C25H33N3O6S2/c1-17(2)18(3)23(27-25(30)20-11-15-22(16-12-20)36(26,33)34)7-5-4-6-8-24(29)19-9-13-21(14-10-19)28-35(31)32/h9-17,23,28H,3-8H2,1-2H3,(H,27,30)(H,31,32)(H2,26,33,34)/t23-/m0/s1. The summed E-state index contributed by atoms with van der Waals surface area (Å²) in [7, 11) is -3.83. The minimum Gasteiger partial charge on any atom is -0.346 e. The van der Waals surface area contributed by atoms with E-state index in [4.69, 9.17) is 9.69 Å². The van der Waals surface area contributed by atoms with Crippen LogP contribution < -0.4 is 15.2 Å². The van der Waals surface area contributed by atoms with E-state index < -0.39 is 21.3 Å². The van der Waals surface area contributed by atoms with E-state index in [-0.39, 0.29) is 28.5 Å². The molecule has 2 aromatic rings. The number of rotatable bonds is 14. The van der Waals surface area contributed by atoms with Crippen LogP contribution >= 0.6 is 0 Å². The van der Waals surface area contributed by atoms with Gasteiger partial charge in [-0.15, -0.1) is 0 Å². The molecule has 2 aromatic carbocycles. The lowest BCUT2D eigenvalue weighted by molar-refractivity contribution is 0.0938. The first-order valence-electron chi connectivity index (χ1n) is 11.5. The topological polar surface area (TPSA) is 156 Å². The van der Waals surface area contributed by atoms with E-state index in [1.54, 1.807) is 24.3 Å². The number of sulfonamides is 1. The largest absolute Gasteiger partial charge is 0.346 e. The highest BCUT2D eigenvalue weighted by atomic mass is 32.2. The molecule has 0 heterocycles. The predicted molar refractivity (Wildman–Crippen MR) is 141 cm³/mol. The first kappa shape index (κ1) is 29.4. The highest BCUT2D eigenvalue weighted by molar-refractivity contribution is 7.89. The monoisotopic (exact) mass is 535 g/mol. The van der Waals surface area contributed by atoms with E-state index in [1.807, 2.05) is 13.8 Å². The van der Waals surface area contributed by atoms with Crippen LogP contribution in [0.25, 0.3) is 0 Å². The number of Topliss-reactive ketones (excluding diaryl/α,β-unsaturated/α-hetero) is 1. The lowest BCUT2D eigenvalue weighted by Gasteiger charge is -2.24. The highest BCUT2D eigenvalue weighted by Gasteiger charge is 2.19. The zero-order valence-electron chi connectivity index (χ0n) is 20.4. The molecule has 0 bridgehead atoms. The summed E-state index contributed by atoms with van der Waals surface area (Å²) in [4.78, 5) is 25.1. The van der Waals surface area contributed by atoms with Crippen LogP contribution in [0.3, 0.4) is 0 Å². The van der Waals surface area contributed by atoms with Gasteiger partial charge >= 0.3 is 0 Å². The normalized spacial score (nSPS) is 13.1. The predicted octanol–water partition coefficient (Wildman–Crippen LogP) is 4.03. The Balaban J connectivity index is 1.87. The van der Waals surface area contributed by atoms with Crippen LogP contribution in [0.1, 0.15) is 66.7 Å². The molecule has 0 fully saturated rings. The van der Waals surface area contributed by atoms with Crippen molar-refractivity contribution in [1.82, 2.24) is 5.32 Å². The Morgan fingerprint density at radius 2 is 1.58 bits per heavy atom. The van der Waals surface area contributed by atoms with Crippen LogP contribution in [0.4, 0.5) is 5.69 Å². The second kappa shape index (κ2) is 13.4. The molecule has 5 N–H and O–H groups in total. The summed E-state index contributed by atoms with van der Waals surface area (Å²) < 4.78 is 44.8. The Bertz CT molecular complexity index is 1190. The number of ketones is 1. The summed E-state index contributed by atoms with van der Waals surface area (Å²) in [5.41, 5.74) is 2.20. The number of hydrogen-bond donors (Lipinski definition) is 4. The second-order valence-electron chi connectivity index (χ2n) is 8.78. The molecule has 0 aliphatic rings. The van der Waals surface area contributed by atoms with Gasteiger partial charge in [0.25, 0.3) is 17.2 Å². The molecule has 0 saturated carbocycles. The third kappa shape index (κ3) is 9.30. The third-order valence-corrected chi connectivity index (χ3v) is 7.09. The number of hydrogen-bond acceptors (Lipinski definition) is 5. The molecule has 0 radical (unpaired) electrons. The smallest absolute Gasteiger partial charge is 0.259 e. The molecule has 1 unspecified atom stereocenters. The van der Waals surface area contributed by atoms with Gasteiger partial charge in [-0.1, -0.05) is 38.8 Å². The molecule has 2 rings (SSSR count). The van der Waals surface area contributed by atoms with E-state index >= 15 is 0 Å². The van der Waals surface area contributed by atoms with E-state index in [2.05, 4.69) is 16.6 Å². The van der Waals surface area contributed by atoms with E-state index in [9.17, 15) is 22.2 Å². The van der Waals surface area contributed by atoms with Crippen LogP contribution in [-0.2, 0) is 21.3 Å². The zero-order chi connectivity index (χ0) is 26.9. The lowest BCUT2D eigenvalue weighted by Crippen LogP contribution is -2.37. The van der Waals surface area contributed by atoms with Crippen molar-refractivity contribution >= 4 is 38.7 Å². The van der Waals surface area contributed by atoms with E-state index in [0.717, 1.165) is 18.4 Å². The molecule has 11 heteroatoms. The SMILES string of the molecule is C=C(C(C)C)[C@H](CCCCCC(=O)c1ccc(NS(=O)O)cc1)NC(=O)c1ccc(S(N)(=O)=O)cc1. The Kier molecular flexibility index (Phi) is 11.0. The minimum absolute atomic E-state index is 0.00828. The fourth-order valence-electron chi connectivity index (χ4n) is 3.57. The Hall–Kier alpha value is -2.86. The molecule has 0 spiro atoms. The van der Waals surface area contributed by atoms with Gasteiger partial charge in [0.15, 0.2) is 5.78 Å². The maximum atomic E-state index is 12.7. The van der Waals surface area contributed by atoms with Gasteiger partial charge in [-0.3, -0.25) is 18.9 Å². The number of unbranched alkanes of at least 4 members (excludes halogenated alkanes) is 2. The van der Waals surface area contributed by atoms with Gasteiger partial charge in [-0.25, -0.2) is 17.8 Å². The fraction of sp³-hybridized carbons (Fsp3) is 0.360. The van der Waals surface area contributed by atoms with Crippen molar-refractivity contribution in [3.05, 3.63) is 71.8 Å². The van der Waals surface area contributed by atoms with Crippen LogP contribution in [0, 0.1) is 5.92 Å². The molecule has 36 heavy (non-hydrogen) atoms. The van der Waals surface area contributed by atoms with Gasteiger partial charge < -0.3 is 5.32 Å². The average Bonchev–Trinajstić information content (AvgIpc) is 2.82. The van der Waals surface area contributed by atoms with Gasteiger partial charge in [-0.05, 0) is 67.3 Å². The number of benzene rings is 2. The highest BCUT2D eigenvalue weighted by Crippen LogP contribution is 2.20. The summed E-state index contributed by atoms with van der Waals surface area (Å²) in [6.45, 7) is 8.13. The molecule has 0 aromatic heterocycles. The number of anilines is 1. The molecular weight excluding hydrogens is 502 g/mol. The first-order valence-corrected chi connectivity index (χ1v) is 14.2. The Morgan fingerprint density at radius 3 is 2.11 bits per heavy atom. The third-order valence-electron chi connectivity index (χ3n) is 5.75. The molecule has 9 nitrogen and oxygen atoms in total. The Morgan fingerprint density at radius 1 is 1.00 bits per heavy atom. The molecule has 2 atom stereocenters. The fourth-order valence-corrected chi connectivity index (χ4v) is 4.42. The maximum Gasteiger partial charge on any atom is 0.259 e. The van der Waals surface area contributed by atoms with Crippen LogP contribution in [0.15, 0.2) is 65.6 Å². The molecule has 196 valence electrons. The van der Waals surface area contributed by atoms with Crippen molar-refractivity contribution in [2.75, 3.05) is 4.72 Å². The lowest BCUT2D eigenvalue weighted by atomic mass is 9.92. The number of carbonyl (C=O) groups excluding carboxylic acids is 2. The number of carbonyl (C=O) groups is 2. The summed E-state index contributed by atoms with van der Waals surface area (Å²) in [5.74, 6) is -0.186. The summed E-state index contributed by atoms with van der Waals surface area (Å²) >= 11 is -2.16. The van der Waals surface area contributed by atoms with Crippen molar-refractivity contribution < 1.29 is 26.8 Å². The van der Waals surface area contributed by atoms with Crippen molar-refractivity contribution in [3.63, 3.8) is 0 Å². The molecule has 0 aliphatic carbocycles. The van der Waals surface area contributed by atoms with Gasteiger partial charge in [0.05, 0.1) is 10.9 Å². The summed E-state index contributed by atoms with van der Waals surface area (Å²) in [5, 5.41) is 8.09. The van der Waals surface area contributed by atoms with Crippen molar-refractivity contribution in [2.45, 2.75) is 56.9 Å². The van der Waals surface area contributed by atoms with Gasteiger partial charge in [0.2, 0.25) is 10.0 Å². The first-order chi connectivity index (χ1) is 16.9. The van der Waals surface area contributed by atoms with E-state index in [1.165, 1.54) is 24.3 Å². The van der Waals surface area contributed by atoms with Crippen LogP contribution in [0.5, 0.6) is 0 Å². The number of primary sulfonamides is 1. The molecule has 1 amide bonds. The van der Waals surface area contributed by atoms with Crippen molar-refractivity contribution in [2.24, 2.45) is 11.1 Å². The molecule has 0 saturated heterocycles. The van der Waals surface area contributed by atoms with Crippen molar-refractivity contribution in [3.8, 4) is 0 Å². The maximum absolute atomic E-state index is 12.7. The quantitative estimate of drug-likeness (QED) is 0.124. The van der Waals surface area contributed by atoms with Crippen LogP contribution in [-0.4, -0.2) is 34.9 Å². The van der Waals surface area contributed by atoms with Gasteiger partial charge in [-0.2, -0.15) is 0 Å². The number of nitrogens with two attached hydrogens (primary N) is 1. The van der Waals surface area contributed by atoms with Gasteiger partial charge in [0.1, 0.15) is 0 Å². The van der Waals surface area contributed by atoms with Gasteiger partial charge in [0, 0.05) is 23.2 Å². The Labute approximate surface area is 215 Å². The summed E-state index contributed by atoms with van der Waals surface area (Å²) in [6, 6.07) is 11.6. The molecule has 0 aliphatic heterocycles. The summed E-state index contributed by atoms with van der Waals surface area (Å²) in [6.07, 6.45) is 3.28. The van der Waals surface area contributed by atoms with Crippen molar-refractivity contribution in [1.29, 1.82) is 0 Å². The molecular formula is C25H33N3O6S2. The minimum atomic E-state index is -3.83. The number of nitrogens with one attached hydrogen (secondary N) is 2. The van der Waals surface area contributed by atoms with E-state index in [0.29, 0.717) is 36.1 Å². The van der Waals surface area contributed by atoms with Crippen LogP contribution in [0.2, 0.25) is 0 Å².